The lowest BCUT2D eigenvalue weighted by molar-refractivity contribution is 0.668. The van der Waals surface area contributed by atoms with Gasteiger partial charge < -0.3 is 13.4 Å². The molecule has 0 bridgehead atoms. The molecular weight excluding hydrogens is 576 g/mol. The van der Waals surface area contributed by atoms with Crippen LogP contribution < -0.4 is 0 Å². The van der Waals surface area contributed by atoms with Crippen molar-refractivity contribution >= 4 is 71.4 Å². The molecule has 0 spiro atoms. The molecule has 3 heterocycles. The van der Waals surface area contributed by atoms with E-state index in [-0.39, 0.29) is 0 Å². The van der Waals surface area contributed by atoms with Crippen molar-refractivity contribution in [2.24, 2.45) is 0 Å². The van der Waals surface area contributed by atoms with Crippen LogP contribution in [-0.2, 0) is 0 Å². The Bertz CT molecular complexity index is 2920. The topological polar surface area (TPSA) is 35.6 Å². The lowest BCUT2D eigenvalue weighted by atomic mass is 9.99. The van der Waals surface area contributed by atoms with Gasteiger partial charge in [0.1, 0.15) is 16.7 Å². The van der Waals surface area contributed by atoms with Crippen LogP contribution in [0.3, 0.4) is 0 Å². The Labute approximate surface area is 269 Å². The molecular formula is C43H24N2O2. The maximum absolute atomic E-state index is 8.12. The number of fused-ring (bicyclic) bond motifs is 9. The van der Waals surface area contributed by atoms with Gasteiger partial charge in [0, 0.05) is 32.3 Å². The maximum Gasteiger partial charge on any atom is 0.230 e. The summed E-state index contributed by atoms with van der Waals surface area (Å²) in [6.45, 7) is 8.12. The molecule has 0 saturated heterocycles. The van der Waals surface area contributed by atoms with Gasteiger partial charge in [0.25, 0.3) is 0 Å². The largest absolute Gasteiger partial charge is 0.465 e. The number of hydrogen-bond donors (Lipinski definition) is 0. The molecule has 0 amide bonds. The summed E-state index contributed by atoms with van der Waals surface area (Å²) in [6, 6.07) is 50.4. The van der Waals surface area contributed by atoms with Crippen molar-refractivity contribution in [3.8, 4) is 27.9 Å². The molecule has 47 heavy (non-hydrogen) atoms. The Kier molecular flexibility index (Phi) is 5.32. The number of hydrogen-bond acceptors (Lipinski definition) is 2. The zero-order valence-electron chi connectivity index (χ0n) is 25.1. The van der Waals surface area contributed by atoms with E-state index in [1.165, 1.54) is 21.9 Å². The zero-order valence-corrected chi connectivity index (χ0v) is 25.1. The molecule has 4 nitrogen and oxygen atoms in total. The summed E-state index contributed by atoms with van der Waals surface area (Å²) in [4.78, 5) is 3.94. The van der Waals surface area contributed by atoms with Crippen molar-refractivity contribution in [1.82, 2.24) is 4.57 Å². The normalized spacial score (nSPS) is 11.8. The van der Waals surface area contributed by atoms with E-state index in [1.54, 1.807) is 0 Å². The van der Waals surface area contributed by atoms with E-state index in [9.17, 15) is 0 Å². The minimum atomic E-state index is 0.492. The highest BCUT2D eigenvalue weighted by atomic mass is 16.3. The number of aromatic nitrogens is 1. The van der Waals surface area contributed by atoms with Crippen molar-refractivity contribution in [2.75, 3.05) is 0 Å². The maximum atomic E-state index is 8.12. The van der Waals surface area contributed by atoms with Gasteiger partial charge in [0.2, 0.25) is 5.69 Å². The number of rotatable bonds is 3. The first-order valence-electron chi connectivity index (χ1n) is 15.6. The molecule has 7 aromatic carbocycles. The molecule has 3 aromatic heterocycles. The summed E-state index contributed by atoms with van der Waals surface area (Å²) >= 11 is 0. The second kappa shape index (κ2) is 9.71. The van der Waals surface area contributed by atoms with Crippen LogP contribution in [0.25, 0.3) is 98.5 Å². The molecule has 0 aliphatic heterocycles. The number of furan rings is 2. The second-order valence-corrected chi connectivity index (χ2v) is 12.0. The molecule has 0 fully saturated rings. The fraction of sp³-hybridized carbons (Fsp3) is 0. The minimum Gasteiger partial charge on any atom is -0.465 e. The van der Waals surface area contributed by atoms with Gasteiger partial charge >= 0.3 is 0 Å². The summed E-state index contributed by atoms with van der Waals surface area (Å²) in [5.41, 5.74) is 11.1. The third-order valence-electron chi connectivity index (χ3n) is 9.41. The molecule has 0 radical (unpaired) electrons. The average Bonchev–Trinajstić information content (AvgIpc) is 3.80. The fourth-order valence-corrected chi connectivity index (χ4v) is 7.24. The standard InChI is InChI=1S/C43H24N2O2/c1-44-36-25-29(28-19-21-41-34(23-28)31-13-6-8-17-40(31)46-41)24-35-32-14-9-16-39(43(32)47-42(35)36)45-37-15-7-5-12-30(37)33-22-27(18-20-38(33)45)26-10-3-2-4-11-26/h2-25H. The van der Waals surface area contributed by atoms with Crippen molar-refractivity contribution < 1.29 is 8.83 Å². The Morgan fingerprint density at radius 2 is 1.11 bits per heavy atom. The Balaban J connectivity index is 1.21. The van der Waals surface area contributed by atoms with Crippen molar-refractivity contribution in [3.63, 3.8) is 0 Å². The molecule has 0 unspecified atom stereocenters. The van der Waals surface area contributed by atoms with Gasteiger partial charge in [0.05, 0.1) is 23.3 Å². The third kappa shape index (κ3) is 3.75. The average molecular weight is 601 g/mol. The van der Waals surface area contributed by atoms with Crippen LogP contribution in [0.5, 0.6) is 0 Å². The van der Waals surface area contributed by atoms with Crippen LogP contribution in [0.15, 0.2) is 154 Å². The molecule has 4 heteroatoms. The van der Waals surface area contributed by atoms with E-state index in [4.69, 9.17) is 15.4 Å². The molecule has 0 saturated carbocycles. The lowest BCUT2D eigenvalue weighted by Gasteiger charge is -2.09. The zero-order chi connectivity index (χ0) is 31.1. The summed E-state index contributed by atoms with van der Waals surface area (Å²) in [5, 5.41) is 6.40. The van der Waals surface area contributed by atoms with Gasteiger partial charge in [-0.3, -0.25) is 0 Å². The number of benzene rings is 7. The number of para-hydroxylation sites is 3. The summed E-state index contributed by atoms with van der Waals surface area (Å²) in [7, 11) is 0. The summed E-state index contributed by atoms with van der Waals surface area (Å²) < 4.78 is 15.0. The van der Waals surface area contributed by atoms with Crippen molar-refractivity contribution in [1.29, 1.82) is 0 Å². The first kappa shape index (κ1) is 25.7. The highest BCUT2D eigenvalue weighted by molar-refractivity contribution is 6.16. The predicted octanol–water partition coefficient (Wildman–Crippen LogP) is 12.5. The fourth-order valence-electron chi connectivity index (χ4n) is 7.24. The Morgan fingerprint density at radius 3 is 2.00 bits per heavy atom. The predicted molar refractivity (Wildman–Crippen MR) is 192 cm³/mol. The monoisotopic (exact) mass is 600 g/mol. The Morgan fingerprint density at radius 1 is 0.426 bits per heavy atom. The van der Waals surface area contributed by atoms with Gasteiger partial charge in [-0.1, -0.05) is 91.0 Å². The minimum absolute atomic E-state index is 0.492. The summed E-state index contributed by atoms with van der Waals surface area (Å²) in [6.07, 6.45) is 0. The molecule has 10 aromatic rings. The van der Waals surface area contributed by atoms with E-state index in [1.807, 2.05) is 36.4 Å². The lowest BCUT2D eigenvalue weighted by Crippen LogP contribution is -1.94. The third-order valence-corrected chi connectivity index (χ3v) is 9.41. The van der Waals surface area contributed by atoms with Gasteiger partial charge in [0.15, 0.2) is 5.58 Å². The first-order valence-corrected chi connectivity index (χ1v) is 15.6. The van der Waals surface area contributed by atoms with Crippen LogP contribution in [0.2, 0.25) is 0 Å². The highest BCUT2D eigenvalue weighted by Crippen LogP contribution is 2.43. The van der Waals surface area contributed by atoms with Crippen molar-refractivity contribution in [3.05, 3.63) is 157 Å². The molecule has 0 aliphatic carbocycles. The molecule has 218 valence electrons. The quantitative estimate of drug-likeness (QED) is 0.189. The Hall–Kier alpha value is -6.57. The van der Waals surface area contributed by atoms with E-state index >= 15 is 0 Å². The van der Waals surface area contributed by atoms with E-state index in [2.05, 4.69) is 119 Å². The van der Waals surface area contributed by atoms with Crippen LogP contribution in [0.1, 0.15) is 0 Å². The first-order chi connectivity index (χ1) is 23.2. The molecule has 0 N–H and O–H groups in total. The van der Waals surface area contributed by atoms with Crippen LogP contribution in [0.4, 0.5) is 5.69 Å². The number of nitrogens with zero attached hydrogens (tertiary/aromatic N) is 2. The smallest absolute Gasteiger partial charge is 0.230 e. The SMILES string of the molecule is [C-]#[N+]c1cc(-c2ccc3oc4ccccc4c3c2)cc2c1oc1c(-n3c4ccccc4c4cc(-c5ccccc5)ccc43)cccc12. The van der Waals surface area contributed by atoms with Gasteiger partial charge in [-0.05, 0) is 76.9 Å². The second-order valence-electron chi connectivity index (χ2n) is 12.0. The van der Waals surface area contributed by atoms with Gasteiger partial charge in [-0.2, -0.15) is 0 Å². The van der Waals surface area contributed by atoms with Crippen LogP contribution >= 0.6 is 0 Å². The molecule has 10 rings (SSSR count). The highest BCUT2D eigenvalue weighted by Gasteiger charge is 2.20. The van der Waals surface area contributed by atoms with Gasteiger partial charge in [-0.25, -0.2) is 4.85 Å². The van der Waals surface area contributed by atoms with Gasteiger partial charge in [-0.15, -0.1) is 0 Å². The van der Waals surface area contributed by atoms with E-state index in [0.29, 0.717) is 11.3 Å². The van der Waals surface area contributed by atoms with Crippen LogP contribution in [0, 0.1) is 6.57 Å². The van der Waals surface area contributed by atoms with E-state index < -0.39 is 0 Å². The van der Waals surface area contributed by atoms with Crippen LogP contribution in [-0.4, -0.2) is 4.57 Å². The van der Waals surface area contributed by atoms with Crippen molar-refractivity contribution in [2.45, 2.75) is 0 Å². The molecule has 0 atom stereocenters. The van der Waals surface area contributed by atoms with E-state index in [0.717, 1.165) is 66.1 Å². The summed E-state index contributed by atoms with van der Waals surface area (Å²) in [5.74, 6) is 0. The molecule has 0 aliphatic rings.